The summed E-state index contributed by atoms with van der Waals surface area (Å²) in [5.74, 6) is 0.981. The Morgan fingerprint density at radius 2 is 1.54 bits per heavy atom. The van der Waals surface area contributed by atoms with E-state index in [-0.39, 0.29) is 16.8 Å². The van der Waals surface area contributed by atoms with Crippen molar-refractivity contribution < 1.29 is 23.7 Å². The van der Waals surface area contributed by atoms with Crippen molar-refractivity contribution in [2.45, 2.75) is 13.3 Å². The maximum absolute atomic E-state index is 13.3. The third kappa shape index (κ3) is 6.86. The van der Waals surface area contributed by atoms with Crippen molar-refractivity contribution in [3.63, 3.8) is 0 Å². The fourth-order valence-electron chi connectivity index (χ4n) is 3.77. The Morgan fingerprint density at radius 1 is 0.919 bits per heavy atom. The van der Waals surface area contributed by atoms with E-state index in [4.69, 9.17) is 23.7 Å². The number of nitrogens with zero attached hydrogens (tertiary/aromatic N) is 3. The number of para-hydroxylation sites is 1. The van der Waals surface area contributed by atoms with Gasteiger partial charge in [0.15, 0.2) is 17.2 Å². The molecule has 10 heteroatoms. The molecule has 2 heterocycles. The average Bonchev–Trinajstić information content (AvgIpc) is 3.26. The van der Waals surface area contributed by atoms with E-state index in [0.717, 1.165) is 0 Å². The van der Waals surface area contributed by atoms with E-state index in [1.807, 2.05) is 37.3 Å². The maximum Gasteiger partial charge on any atom is 0.281 e. The van der Waals surface area contributed by atoms with E-state index < -0.39 is 0 Å². The summed E-state index contributed by atoms with van der Waals surface area (Å²) in [6.07, 6.45) is 0.527. The first-order chi connectivity index (χ1) is 18.2. The van der Waals surface area contributed by atoms with Crippen LogP contribution in [0, 0.1) is 11.3 Å². The van der Waals surface area contributed by atoms with Crippen molar-refractivity contribution in [2.75, 3.05) is 52.9 Å². The van der Waals surface area contributed by atoms with Crippen LogP contribution in [0.1, 0.15) is 18.2 Å². The molecule has 1 aromatic heterocycles. The van der Waals surface area contributed by atoms with Gasteiger partial charge in [-0.2, -0.15) is 5.26 Å². The molecule has 0 bridgehead atoms. The van der Waals surface area contributed by atoms with Gasteiger partial charge in [0.25, 0.3) is 5.56 Å². The highest BCUT2D eigenvalue weighted by Gasteiger charge is 2.20. The molecule has 37 heavy (non-hydrogen) atoms. The summed E-state index contributed by atoms with van der Waals surface area (Å²) in [6, 6.07) is 16.4. The van der Waals surface area contributed by atoms with Crippen LogP contribution in [-0.2, 0) is 20.6 Å². The van der Waals surface area contributed by atoms with E-state index in [2.05, 4.69) is 16.2 Å². The summed E-state index contributed by atoms with van der Waals surface area (Å²) >= 11 is 0. The molecule has 4 rings (SSSR count). The summed E-state index contributed by atoms with van der Waals surface area (Å²) in [5, 5.41) is 13.1. The Labute approximate surface area is 215 Å². The van der Waals surface area contributed by atoms with Crippen LogP contribution in [0.25, 0.3) is 5.69 Å². The van der Waals surface area contributed by atoms with Crippen LogP contribution in [0.5, 0.6) is 11.5 Å². The van der Waals surface area contributed by atoms with Crippen molar-refractivity contribution >= 4 is 11.4 Å². The van der Waals surface area contributed by atoms with Gasteiger partial charge >= 0.3 is 0 Å². The monoisotopic (exact) mass is 506 g/mol. The average molecular weight is 507 g/mol. The third-order valence-corrected chi connectivity index (χ3v) is 5.56. The lowest BCUT2D eigenvalue weighted by Crippen LogP contribution is -2.20. The minimum Gasteiger partial charge on any atom is -0.487 e. The lowest BCUT2D eigenvalue weighted by Gasteiger charge is -2.13. The molecule has 0 saturated carbocycles. The smallest absolute Gasteiger partial charge is 0.281 e. The minimum absolute atomic E-state index is 0.0162. The van der Waals surface area contributed by atoms with Gasteiger partial charge in [-0.25, -0.2) is 9.67 Å². The van der Waals surface area contributed by atoms with Gasteiger partial charge in [-0.3, -0.25) is 9.89 Å². The molecule has 0 atom stereocenters. The van der Waals surface area contributed by atoms with Crippen LogP contribution in [0.15, 0.2) is 58.3 Å². The molecule has 0 aliphatic carbocycles. The number of rotatable bonds is 4. The number of hydrogen-bond acceptors (Lipinski definition) is 8. The van der Waals surface area contributed by atoms with Gasteiger partial charge in [-0.05, 0) is 30.7 Å². The van der Waals surface area contributed by atoms with Crippen LogP contribution in [-0.4, -0.2) is 68.3 Å². The summed E-state index contributed by atoms with van der Waals surface area (Å²) < 4.78 is 29.6. The predicted molar refractivity (Wildman–Crippen MR) is 137 cm³/mol. The molecular formula is C27H30N4O6. The highest BCUT2D eigenvalue weighted by Crippen LogP contribution is 2.32. The summed E-state index contributed by atoms with van der Waals surface area (Å²) in [4.78, 5) is 17.8. The highest BCUT2D eigenvalue weighted by atomic mass is 16.6. The van der Waals surface area contributed by atoms with Crippen molar-refractivity contribution in [1.29, 1.82) is 5.26 Å². The topological polar surface area (TPSA) is 120 Å². The summed E-state index contributed by atoms with van der Waals surface area (Å²) in [5.41, 5.74) is 1.69. The number of aromatic amines is 1. The first kappa shape index (κ1) is 26.2. The lowest BCUT2D eigenvalue weighted by molar-refractivity contribution is 0.00708. The Kier molecular flexibility index (Phi) is 9.48. The normalized spacial score (nSPS) is 15.8. The van der Waals surface area contributed by atoms with Crippen LogP contribution in [0.3, 0.4) is 0 Å². The largest absolute Gasteiger partial charge is 0.487 e. The molecular weight excluding hydrogens is 476 g/mol. The first-order valence-corrected chi connectivity index (χ1v) is 12.2. The van der Waals surface area contributed by atoms with Crippen LogP contribution >= 0.6 is 0 Å². The molecule has 1 N–H and O–H groups in total. The molecule has 0 radical (unpaired) electrons. The number of ether oxygens (including phenoxy) is 5. The summed E-state index contributed by atoms with van der Waals surface area (Å²) in [7, 11) is 0. The molecule has 0 fully saturated rings. The van der Waals surface area contributed by atoms with Crippen LogP contribution in [0.2, 0.25) is 0 Å². The number of aliphatic imine (C=N–C) groups is 1. The zero-order chi connectivity index (χ0) is 25.9. The number of aromatic nitrogens is 2. The molecule has 0 amide bonds. The Bertz CT molecular complexity index is 1290. The standard InChI is InChI=1S/C27H30N4O6/c1-2-22-26(27(32)31(30-22)21-6-4-3-5-7-21)23(19-28)29-20-8-9-24-25(18-20)37-17-15-35-13-11-33-10-12-34-14-16-36-24/h3-9,18,30H,2,10-17H2,1H3. The van der Waals surface area contributed by atoms with Crippen molar-refractivity contribution in [1.82, 2.24) is 9.78 Å². The molecule has 0 saturated heterocycles. The molecule has 0 spiro atoms. The van der Waals surface area contributed by atoms with Crippen molar-refractivity contribution in [3.05, 3.63) is 70.1 Å². The maximum atomic E-state index is 13.3. The van der Waals surface area contributed by atoms with E-state index >= 15 is 0 Å². The fraction of sp³-hybridized carbons (Fsp3) is 0.370. The van der Waals surface area contributed by atoms with Crippen molar-refractivity contribution in [2.24, 2.45) is 4.99 Å². The van der Waals surface area contributed by atoms with Gasteiger partial charge in [0, 0.05) is 11.8 Å². The van der Waals surface area contributed by atoms with Gasteiger partial charge in [0.2, 0.25) is 0 Å². The molecule has 3 aromatic rings. The second-order valence-corrected chi connectivity index (χ2v) is 8.03. The lowest BCUT2D eigenvalue weighted by atomic mass is 10.1. The zero-order valence-electron chi connectivity index (χ0n) is 20.8. The molecule has 1 aliphatic heterocycles. The molecule has 0 unspecified atom stereocenters. The van der Waals surface area contributed by atoms with Gasteiger partial charge < -0.3 is 23.7 Å². The minimum atomic E-state index is -0.335. The van der Waals surface area contributed by atoms with Crippen LogP contribution in [0.4, 0.5) is 5.69 Å². The quantitative estimate of drug-likeness (QED) is 0.540. The SMILES string of the molecule is CCc1[nH]n(-c2ccccc2)c(=O)c1C(C#N)=Nc1ccc2c(c1)OCCOCCOCCOCCO2. The Morgan fingerprint density at radius 3 is 2.16 bits per heavy atom. The van der Waals surface area contributed by atoms with E-state index in [1.54, 1.807) is 18.2 Å². The number of nitriles is 1. The van der Waals surface area contributed by atoms with Crippen LogP contribution < -0.4 is 15.0 Å². The first-order valence-electron chi connectivity index (χ1n) is 12.2. The second-order valence-electron chi connectivity index (χ2n) is 8.03. The number of benzene rings is 2. The van der Waals surface area contributed by atoms with Crippen molar-refractivity contribution in [3.8, 4) is 23.3 Å². The Balaban J connectivity index is 1.63. The number of nitrogens with one attached hydrogen (secondary N) is 1. The predicted octanol–water partition coefficient (Wildman–Crippen LogP) is 3.19. The van der Waals surface area contributed by atoms with E-state index in [9.17, 15) is 10.1 Å². The fourth-order valence-corrected chi connectivity index (χ4v) is 3.77. The Hall–Kier alpha value is -3.91. The number of H-pyrrole nitrogens is 1. The van der Waals surface area contributed by atoms with E-state index in [0.29, 0.717) is 87.8 Å². The zero-order valence-corrected chi connectivity index (χ0v) is 20.8. The van der Waals surface area contributed by atoms with E-state index in [1.165, 1.54) is 4.68 Å². The number of aryl methyl sites for hydroxylation is 1. The van der Waals surface area contributed by atoms with Gasteiger partial charge in [0.1, 0.15) is 19.3 Å². The molecule has 194 valence electrons. The highest BCUT2D eigenvalue weighted by molar-refractivity contribution is 6.13. The molecule has 2 aromatic carbocycles. The van der Waals surface area contributed by atoms with Gasteiger partial charge in [-0.15, -0.1) is 0 Å². The molecule has 1 aliphatic rings. The number of fused-ring (bicyclic) bond motifs is 1. The van der Waals surface area contributed by atoms with Gasteiger partial charge in [-0.1, -0.05) is 25.1 Å². The third-order valence-electron chi connectivity index (χ3n) is 5.56. The van der Waals surface area contributed by atoms with Gasteiger partial charge in [0.05, 0.1) is 56.6 Å². The number of hydrogen-bond donors (Lipinski definition) is 1. The molecule has 10 nitrogen and oxygen atoms in total. The second kappa shape index (κ2) is 13.4. The summed E-state index contributed by atoms with van der Waals surface area (Å²) in [6.45, 7) is 5.23.